The van der Waals surface area contributed by atoms with Gasteiger partial charge in [-0.15, -0.1) is 0 Å². The number of hydrogen-bond donors (Lipinski definition) is 0. The minimum Gasteiger partial charge on any atom is -0.493 e. The Hall–Kier alpha value is -1.75. The number of amides is 2. The van der Waals surface area contributed by atoms with Gasteiger partial charge in [-0.05, 0) is 69.2 Å². The summed E-state index contributed by atoms with van der Waals surface area (Å²) < 4.78 is 6.23. The Kier molecular flexibility index (Phi) is 9.27. The summed E-state index contributed by atoms with van der Waals surface area (Å²) >= 11 is 6.17. The number of carbonyl (C=O) groups is 2. The predicted octanol–water partition coefficient (Wildman–Crippen LogP) is 5.62. The van der Waals surface area contributed by atoms with E-state index in [0.29, 0.717) is 31.0 Å². The van der Waals surface area contributed by atoms with Gasteiger partial charge >= 0.3 is 0 Å². The molecule has 5 nitrogen and oxygen atoms in total. The average Bonchev–Trinajstić information content (AvgIpc) is 2.81. The van der Waals surface area contributed by atoms with Gasteiger partial charge in [-0.2, -0.15) is 0 Å². The third-order valence-electron chi connectivity index (χ3n) is 6.92. The zero-order valence-electron chi connectivity index (χ0n) is 19.8. The second-order valence-corrected chi connectivity index (χ2v) is 10.1. The SMILES string of the molecule is CCCCCC(=O)N1CCC[C@@](COc2ccc(Cl)c(C)c2)(CC(=O)N2CCCCC2)C1. The van der Waals surface area contributed by atoms with Crippen LogP contribution in [0.3, 0.4) is 0 Å². The lowest BCUT2D eigenvalue weighted by Gasteiger charge is -2.43. The molecule has 1 aromatic rings. The highest BCUT2D eigenvalue weighted by Crippen LogP contribution is 2.36. The highest BCUT2D eigenvalue weighted by Gasteiger charge is 2.40. The summed E-state index contributed by atoms with van der Waals surface area (Å²) in [6.07, 6.45) is 9.35. The van der Waals surface area contributed by atoms with Crippen LogP contribution in [-0.4, -0.2) is 54.4 Å². The number of rotatable bonds is 9. The number of ether oxygens (including phenoxy) is 1. The van der Waals surface area contributed by atoms with Crippen LogP contribution in [0, 0.1) is 12.3 Å². The molecule has 2 amide bonds. The van der Waals surface area contributed by atoms with E-state index in [1.807, 2.05) is 34.9 Å². The zero-order valence-corrected chi connectivity index (χ0v) is 20.6. The van der Waals surface area contributed by atoms with Gasteiger partial charge in [0.25, 0.3) is 0 Å². The molecule has 6 heteroatoms. The number of carbonyl (C=O) groups excluding carboxylic acids is 2. The maximum absolute atomic E-state index is 13.2. The molecule has 2 aliphatic heterocycles. The van der Waals surface area contributed by atoms with Crippen LogP contribution >= 0.6 is 11.6 Å². The van der Waals surface area contributed by atoms with Crippen LogP contribution in [0.4, 0.5) is 0 Å². The molecular formula is C26H39ClN2O3. The molecule has 2 heterocycles. The van der Waals surface area contributed by atoms with Crippen molar-refractivity contribution in [1.82, 2.24) is 9.80 Å². The van der Waals surface area contributed by atoms with E-state index >= 15 is 0 Å². The summed E-state index contributed by atoms with van der Waals surface area (Å²) in [6, 6.07) is 5.67. The molecule has 2 fully saturated rings. The van der Waals surface area contributed by atoms with Crippen molar-refractivity contribution < 1.29 is 14.3 Å². The van der Waals surface area contributed by atoms with E-state index in [4.69, 9.17) is 16.3 Å². The fourth-order valence-electron chi connectivity index (χ4n) is 4.94. The third-order valence-corrected chi connectivity index (χ3v) is 7.34. The van der Waals surface area contributed by atoms with Crippen LogP contribution < -0.4 is 4.74 Å². The number of nitrogens with zero attached hydrogens (tertiary/aromatic N) is 2. The maximum atomic E-state index is 13.2. The monoisotopic (exact) mass is 462 g/mol. The number of hydrogen-bond acceptors (Lipinski definition) is 3. The average molecular weight is 463 g/mol. The normalized spacial score (nSPS) is 21.5. The standard InChI is InChI=1S/C26H39ClN2O3/c1-3-4-6-10-24(30)29-16-9-13-26(19-29,18-25(31)28-14-7-5-8-15-28)20-32-22-11-12-23(27)21(2)17-22/h11-12,17H,3-10,13-16,18-20H2,1-2H3/t26-/m1/s1. The highest BCUT2D eigenvalue weighted by molar-refractivity contribution is 6.31. The Labute approximate surface area is 198 Å². The molecule has 0 spiro atoms. The molecule has 3 rings (SSSR count). The smallest absolute Gasteiger partial charge is 0.223 e. The Bertz CT molecular complexity index is 778. The Morgan fingerprint density at radius 3 is 2.50 bits per heavy atom. The van der Waals surface area contributed by atoms with Crippen molar-refractivity contribution in [2.45, 2.75) is 78.1 Å². The van der Waals surface area contributed by atoms with Gasteiger partial charge in [-0.1, -0.05) is 31.4 Å². The fraction of sp³-hybridized carbons (Fsp3) is 0.692. The van der Waals surface area contributed by atoms with E-state index in [1.165, 1.54) is 6.42 Å². The van der Waals surface area contributed by atoms with E-state index in [0.717, 1.165) is 75.9 Å². The molecule has 0 unspecified atom stereocenters. The van der Waals surface area contributed by atoms with Crippen LogP contribution in [0.1, 0.15) is 76.7 Å². The van der Waals surface area contributed by atoms with Crippen molar-refractivity contribution in [2.24, 2.45) is 5.41 Å². The Morgan fingerprint density at radius 2 is 1.78 bits per heavy atom. The molecule has 0 N–H and O–H groups in total. The summed E-state index contributed by atoms with van der Waals surface area (Å²) in [6.45, 7) is 7.64. The third kappa shape index (κ3) is 6.87. The summed E-state index contributed by atoms with van der Waals surface area (Å²) in [4.78, 5) is 30.1. The van der Waals surface area contributed by atoms with Gasteiger partial charge < -0.3 is 14.5 Å². The molecule has 32 heavy (non-hydrogen) atoms. The van der Waals surface area contributed by atoms with Crippen LogP contribution in [0.5, 0.6) is 5.75 Å². The van der Waals surface area contributed by atoms with Crippen molar-refractivity contribution >= 4 is 23.4 Å². The lowest BCUT2D eigenvalue weighted by atomic mass is 9.77. The minimum atomic E-state index is -0.346. The van der Waals surface area contributed by atoms with E-state index in [9.17, 15) is 9.59 Å². The largest absolute Gasteiger partial charge is 0.493 e. The van der Waals surface area contributed by atoms with Crippen molar-refractivity contribution in [1.29, 1.82) is 0 Å². The number of halogens is 1. The molecule has 0 saturated carbocycles. The van der Waals surface area contributed by atoms with Crippen molar-refractivity contribution in [3.05, 3.63) is 28.8 Å². The first-order chi connectivity index (χ1) is 15.4. The minimum absolute atomic E-state index is 0.209. The number of piperidine rings is 2. The van der Waals surface area contributed by atoms with Crippen LogP contribution in [0.2, 0.25) is 5.02 Å². The van der Waals surface area contributed by atoms with Crippen LogP contribution in [0.15, 0.2) is 18.2 Å². The molecule has 2 saturated heterocycles. The fourth-order valence-corrected chi connectivity index (χ4v) is 5.06. The van der Waals surface area contributed by atoms with Gasteiger partial charge in [0, 0.05) is 49.5 Å². The van der Waals surface area contributed by atoms with E-state index in [-0.39, 0.29) is 17.2 Å². The topological polar surface area (TPSA) is 49.9 Å². The Morgan fingerprint density at radius 1 is 1.03 bits per heavy atom. The zero-order chi connectivity index (χ0) is 23.0. The summed E-state index contributed by atoms with van der Waals surface area (Å²) in [5, 5.41) is 0.717. The van der Waals surface area contributed by atoms with Gasteiger partial charge in [0.05, 0.1) is 6.61 Å². The van der Waals surface area contributed by atoms with Gasteiger partial charge in [0.1, 0.15) is 5.75 Å². The first-order valence-corrected chi connectivity index (χ1v) is 12.7. The van der Waals surface area contributed by atoms with Crippen LogP contribution in [-0.2, 0) is 9.59 Å². The van der Waals surface area contributed by atoms with Gasteiger partial charge in [0.2, 0.25) is 11.8 Å². The molecule has 178 valence electrons. The van der Waals surface area contributed by atoms with E-state index in [1.54, 1.807) is 0 Å². The maximum Gasteiger partial charge on any atom is 0.223 e. The molecular weight excluding hydrogens is 424 g/mol. The lowest BCUT2D eigenvalue weighted by molar-refractivity contribution is -0.142. The molecule has 0 radical (unpaired) electrons. The van der Waals surface area contributed by atoms with Gasteiger partial charge in [-0.25, -0.2) is 0 Å². The number of unbranched alkanes of at least 4 members (excludes halogenated alkanes) is 2. The quantitative estimate of drug-likeness (QED) is 0.447. The first-order valence-electron chi connectivity index (χ1n) is 12.4. The molecule has 1 atom stereocenters. The van der Waals surface area contributed by atoms with Gasteiger partial charge in [-0.3, -0.25) is 9.59 Å². The second-order valence-electron chi connectivity index (χ2n) is 9.69. The molecule has 0 bridgehead atoms. The van der Waals surface area contributed by atoms with E-state index < -0.39 is 0 Å². The lowest BCUT2D eigenvalue weighted by Crippen LogP contribution is -2.51. The summed E-state index contributed by atoms with van der Waals surface area (Å²) in [5.41, 5.74) is 0.625. The molecule has 0 aliphatic carbocycles. The van der Waals surface area contributed by atoms with Crippen molar-refractivity contribution in [3.8, 4) is 5.75 Å². The van der Waals surface area contributed by atoms with Crippen molar-refractivity contribution in [2.75, 3.05) is 32.8 Å². The summed E-state index contributed by atoms with van der Waals surface area (Å²) in [5.74, 6) is 1.19. The van der Waals surface area contributed by atoms with E-state index in [2.05, 4.69) is 6.92 Å². The van der Waals surface area contributed by atoms with Crippen molar-refractivity contribution in [3.63, 3.8) is 0 Å². The molecule has 2 aliphatic rings. The molecule has 1 aromatic carbocycles. The number of likely N-dealkylation sites (tertiary alicyclic amines) is 2. The van der Waals surface area contributed by atoms with Gasteiger partial charge in [0.15, 0.2) is 0 Å². The molecule has 0 aromatic heterocycles. The first kappa shape index (κ1) is 24.9. The Balaban J connectivity index is 1.72. The van der Waals surface area contributed by atoms with Crippen LogP contribution in [0.25, 0.3) is 0 Å². The number of aryl methyl sites for hydroxylation is 1. The predicted molar refractivity (Wildman–Crippen MR) is 129 cm³/mol. The second kappa shape index (κ2) is 11.9. The number of benzene rings is 1. The highest BCUT2D eigenvalue weighted by atomic mass is 35.5. The summed E-state index contributed by atoms with van der Waals surface area (Å²) in [7, 11) is 0.